The largest absolute Gasteiger partial charge is 0.355 e. The number of nitrogens with zero attached hydrogens (tertiary/aromatic N) is 5. The predicted molar refractivity (Wildman–Crippen MR) is 139 cm³/mol. The summed E-state index contributed by atoms with van der Waals surface area (Å²) in [6, 6.07) is 14.4. The topological polar surface area (TPSA) is 58.3 Å². The minimum Gasteiger partial charge on any atom is -0.355 e. The lowest BCUT2D eigenvalue weighted by Gasteiger charge is -2.31. The third-order valence-corrected chi connectivity index (χ3v) is 7.44. The summed E-state index contributed by atoms with van der Waals surface area (Å²) in [6.45, 7) is 6.83. The Bertz CT molecular complexity index is 1040. The maximum atomic E-state index is 12.8. The van der Waals surface area contributed by atoms with Gasteiger partial charge in [0.2, 0.25) is 5.91 Å². The fourth-order valence-electron chi connectivity index (χ4n) is 5.43. The summed E-state index contributed by atoms with van der Waals surface area (Å²) in [6.07, 6.45) is 13.3. The van der Waals surface area contributed by atoms with Crippen LogP contribution in [0.1, 0.15) is 44.1 Å². The van der Waals surface area contributed by atoms with Crippen molar-refractivity contribution in [3.8, 4) is 11.5 Å². The molecule has 0 aliphatic carbocycles. The first-order valence-corrected chi connectivity index (χ1v) is 13.3. The summed E-state index contributed by atoms with van der Waals surface area (Å²) in [4.78, 5) is 17.7. The number of hydrogen-bond acceptors (Lipinski definition) is 4. The summed E-state index contributed by atoms with van der Waals surface area (Å²) >= 11 is 0. The molecule has 0 bridgehead atoms. The van der Waals surface area contributed by atoms with Crippen molar-refractivity contribution < 1.29 is 4.79 Å². The lowest BCUT2D eigenvalue weighted by molar-refractivity contribution is -0.126. The number of carbonyl (C=O) groups is 1. The van der Waals surface area contributed by atoms with Gasteiger partial charge in [-0.3, -0.25) is 9.69 Å². The number of benzene rings is 1. The number of likely N-dealkylation sites (tertiary alicyclic amines) is 2. The number of piperidine rings is 1. The van der Waals surface area contributed by atoms with Gasteiger partial charge in [0.1, 0.15) is 5.82 Å². The summed E-state index contributed by atoms with van der Waals surface area (Å²) in [7, 11) is 0. The van der Waals surface area contributed by atoms with E-state index in [0.29, 0.717) is 0 Å². The Balaban J connectivity index is 1.15. The van der Waals surface area contributed by atoms with Crippen molar-refractivity contribution in [3.63, 3.8) is 0 Å². The van der Waals surface area contributed by atoms with Crippen LogP contribution < -0.4 is 5.32 Å². The van der Waals surface area contributed by atoms with Gasteiger partial charge in [0, 0.05) is 43.5 Å². The second kappa shape index (κ2) is 11.7. The fourth-order valence-corrected chi connectivity index (χ4v) is 5.43. The zero-order chi connectivity index (χ0) is 23.9. The van der Waals surface area contributed by atoms with Crippen LogP contribution in [0.5, 0.6) is 0 Å². The standard InChI is InChI=1S/C28H38N6O/c35-27(29-14-21-31-15-6-1-2-7-16-31)24-12-19-32(20-13-24)23-25-22-30-34(26-10-4-3-5-11-26)28(25)33-17-8-9-18-33/h3-5,8-11,17-18,22,24H,1-2,6-7,12-16,19-21,23H2,(H,29,35). The maximum absolute atomic E-state index is 12.8. The van der Waals surface area contributed by atoms with Crippen LogP contribution in [0.25, 0.3) is 11.5 Å². The van der Waals surface area contributed by atoms with Gasteiger partial charge in [-0.1, -0.05) is 31.0 Å². The van der Waals surface area contributed by atoms with Crippen molar-refractivity contribution in [2.45, 2.75) is 45.1 Å². The van der Waals surface area contributed by atoms with E-state index in [-0.39, 0.29) is 11.8 Å². The van der Waals surface area contributed by atoms with Crippen molar-refractivity contribution in [1.29, 1.82) is 0 Å². The first kappa shape index (κ1) is 23.8. The van der Waals surface area contributed by atoms with Crippen LogP contribution in [-0.2, 0) is 11.3 Å². The highest BCUT2D eigenvalue weighted by molar-refractivity contribution is 5.78. The van der Waals surface area contributed by atoms with E-state index in [9.17, 15) is 4.79 Å². The van der Waals surface area contributed by atoms with Crippen molar-refractivity contribution in [2.24, 2.45) is 5.92 Å². The van der Waals surface area contributed by atoms with E-state index < -0.39 is 0 Å². The highest BCUT2D eigenvalue weighted by Gasteiger charge is 2.26. The molecule has 7 heteroatoms. The molecule has 1 aromatic carbocycles. The van der Waals surface area contributed by atoms with Crippen LogP contribution in [-0.4, -0.2) is 69.3 Å². The molecule has 2 aromatic heterocycles. The normalized spacial score (nSPS) is 18.4. The molecular formula is C28H38N6O. The Kier molecular flexibility index (Phi) is 7.96. The second-order valence-electron chi connectivity index (χ2n) is 9.93. The van der Waals surface area contributed by atoms with Crippen molar-refractivity contribution in [3.05, 3.63) is 66.6 Å². The van der Waals surface area contributed by atoms with Crippen LogP contribution in [0.2, 0.25) is 0 Å². The Morgan fingerprint density at radius 2 is 1.60 bits per heavy atom. The van der Waals surface area contributed by atoms with Gasteiger partial charge in [0.15, 0.2) is 0 Å². The van der Waals surface area contributed by atoms with Crippen molar-refractivity contribution >= 4 is 5.91 Å². The molecular weight excluding hydrogens is 436 g/mol. The van der Waals surface area contributed by atoms with Crippen LogP contribution in [0.15, 0.2) is 61.1 Å². The number of para-hydroxylation sites is 1. The molecule has 3 aromatic rings. The number of rotatable bonds is 8. The molecule has 0 saturated carbocycles. The average Bonchev–Trinajstić information content (AvgIpc) is 3.49. The zero-order valence-corrected chi connectivity index (χ0v) is 20.7. The molecule has 186 valence electrons. The van der Waals surface area contributed by atoms with Gasteiger partial charge in [-0.25, -0.2) is 4.68 Å². The summed E-state index contributed by atoms with van der Waals surface area (Å²) < 4.78 is 4.15. The van der Waals surface area contributed by atoms with Crippen LogP contribution in [0.4, 0.5) is 0 Å². The quantitative estimate of drug-likeness (QED) is 0.539. The third kappa shape index (κ3) is 6.03. The molecule has 1 amide bonds. The van der Waals surface area contributed by atoms with Crippen molar-refractivity contribution in [2.75, 3.05) is 39.3 Å². The molecule has 5 rings (SSSR count). The number of amides is 1. The Morgan fingerprint density at radius 3 is 2.31 bits per heavy atom. The molecule has 2 saturated heterocycles. The van der Waals surface area contributed by atoms with Crippen LogP contribution in [0, 0.1) is 5.92 Å². The average molecular weight is 475 g/mol. The smallest absolute Gasteiger partial charge is 0.223 e. The molecule has 2 aliphatic rings. The third-order valence-electron chi connectivity index (χ3n) is 7.44. The Labute approximate surface area is 208 Å². The molecule has 35 heavy (non-hydrogen) atoms. The second-order valence-corrected chi connectivity index (χ2v) is 9.93. The predicted octanol–water partition coefficient (Wildman–Crippen LogP) is 3.87. The van der Waals surface area contributed by atoms with Gasteiger partial charge in [-0.05, 0) is 76.1 Å². The summed E-state index contributed by atoms with van der Waals surface area (Å²) in [5, 5.41) is 7.95. The van der Waals surface area contributed by atoms with E-state index in [1.54, 1.807) is 0 Å². The summed E-state index contributed by atoms with van der Waals surface area (Å²) in [5.41, 5.74) is 2.25. The minimum absolute atomic E-state index is 0.131. The molecule has 1 N–H and O–H groups in total. The van der Waals surface area contributed by atoms with E-state index in [4.69, 9.17) is 5.10 Å². The number of nitrogens with one attached hydrogen (secondary N) is 1. The van der Waals surface area contributed by atoms with E-state index in [1.165, 1.54) is 44.3 Å². The highest BCUT2D eigenvalue weighted by Crippen LogP contribution is 2.24. The molecule has 0 spiro atoms. The number of aromatic nitrogens is 3. The molecule has 0 atom stereocenters. The first-order chi connectivity index (χ1) is 17.3. The van der Waals surface area contributed by atoms with E-state index >= 15 is 0 Å². The number of hydrogen-bond donors (Lipinski definition) is 1. The van der Waals surface area contributed by atoms with Crippen LogP contribution in [0.3, 0.4) is 0 Å². The Hall–Kier alpha value is -2.90. The van der Waals surface area contributed by atoms with Gasteiger partial charge in [-0.15, -0.1) is 0 Å². The summed E-state index contributed by atoms with van der Waals surface area (Å²) in [5.74, 6) is 1.45. The number of carbonyl (C=O) groups excluding carboxylic acids is 1. The van der Waals surface area contributed by atoms with Gasteiger partial charge >= 0.3 is 0 Å². The Morgan fingerprint density at radius 1 is 0.886 bits per heavy atom. The molecule has 2 fully saturated rings. The van der Waals surface area contributed by atoms with Gasteiger partial charge in [-0.2, -0.15) is 5.10 Å². The lowest BCUT2D eigenvalue weighted by atomic mass is 9.95. The van der Waals surface area contributed by atoms with Gasteiger partial charge in [0.05, 0.1) is 11.9 Å². The maximum Gasteiger partial charge on any atom is 0.223 e. The van der Waals surface area contributed by atoms with E-state index in [2.05, 4.69) is 44.2 Å². The SMILES string of the molecule is O=C(NCCN1CCCCCC1)C1CCN(Cc2cnn(-c3ccccc3)c2-n2cccc2)CC1. The minimum atomic E-state index is 0.131. The van der Waals surface area contributed by atoms with Gasteiger partial charge in [0.25, 0.3) is 0 Å². The molecule has 4 heterocycles. The van der Waals surface area contributed by atoms with Gasteiger partial charge < -0.3 is 14.8 Å². The zero-order valence-electron chi connectivity index (χ0n) is 20.7. The molecule has 0 unspecified atom stereocenters. The lowest BCUT2D eigenvalue weighted by Crippen LogP contribution is -2.42. The highest BCUT2D eigenvalue weighted by atomic mass is 16.1. The monoisotopic (exact) mass is 474 g/mol. The van der Waals surface area contributed by atoms with E-state index in [0.717, 1.165) is 57.1 Å². The van der Waals surface area contributed by atoms with E-state index in [1.807, 2.05) is 41.2 Å². The van der Waals surface area contributed by atoms with Crippen LogP contribution >= 0.6 is 0 Å². The molecule has 2 aliphatic heterocycles. The molecule has 7 nitrogen and oxygen atoms in total. The molecule has 0 radical (unpaired) electrons. The van der Waals surface area contributed by atoms with Crippen molar-refractivity contribution in [1.82, 2.24) is 29.5 Å². The fraction of sp³-hybridized carbons (Fsp3) is 0.500. The first-order valence-electron chi connectivity index (χ1n) is 13.3.